The van der Waals surface area contributed by atoms with Crippen LogP contribution in [0.5, 0.6) is 0 Å². The van der Waals surface area contributed by atoms with Crippen LogP contribution in [-0.2, 0) is 14.8 Å². The zero-order chi connectivity index (χ0) is 19.0. The first kappa shape index (κ1) is 20.6. The van der Waals surface area contributed by atoms with Crippen LogP contribution in [-0.4, -0.2) is 26.9 Å². The molecule has 0 aliphatic carbocycles. The summed E-state index contributed by atoms with van der Waals surface area (Å²) in [5.74, 6) is 0.328. The van der Waals surface area contributed by atoms with E-state index in [1.54, 1.807) is 30.3 Å². The van der Waals surface area contributed by atoms with Crippen LogP contribution in [0.15, 0.2) is 72.1 Å². The Hall–Kier alpha value is -1.66. The van der Waals surface area contributed by atoms with Gasteiger partial charge in [0.25, 0.3) is 0 Å². The number of halogens is 1. The minimum atomic E-state index is -3.69. The molecule has 0 saturated heterocycles. The molecule has 0 bridgehead atoms. The minimum Gasteiger partial charge on any atom is -0.371 e. The SMILES string of the molecule is C=CC[C@H](NS(=O)(=O)c1ccc(C)cc1)[C@H](OCCCl)c1ccccc1. The highest BCUT2D eigenvalue weighted by molar-refractivity contribution is 7.89. The number of hydrogen-bond donors (Lipinski definition) is 1. The van der Waals surface area contributed by atoms with Gasteiger partial charge in [-0.3, -0.25) is 0 Å². The lowest BCUT2D eigenvalue weighted by Crippen LogP contribution is -2.40. The Kier molecular flexibility index (Phi) is 7.85. The Morgan fingerprint density at radius 3 is 2.38 bits per heavy atom. The lowest BCUT2D eigenvalue weighted by molar-refractivity contribution is 0.0410. The highest BCUT2D eigenvalue weighted by Gasteiger charge is 2.28. The van der Waals surface area contributed by atoms with Crippen molar-refractivity contribution in [3.05, 3.63) is 78.4 Å². The molecule has 0 radical (unpaired) electrons. The van der Waals surface area contributed by atoms with Crippen LogP contribution >= 0.6 is 11.6 Å². The van der Waals surface area contributed by atoms with E-state index in [9.17, 15) is 8.42 Å². The third-order valence-electron chi connectivity index (χ3n) is 3.93. The normalized spacial score (nSPS) is 13.9. The number of hydrogen-bond acceptors (Lipinski definition) is 3. The molecular weight excluding hydrogens is 370 g/mol. The number of ether oxygens (including phenoxy) is 1. The second-order valence-corrected chi connectivity index (χ2v) is 8.05. The minimum absolute atomic E-state index is 0.223. The molecule has 140 valence electrons. The van der Waals surface area contributed by atoms with Crippen molar-refractivity contribution >= 4 is 21.6 Å². The van der Waals surface area contributed by atoms with E-state index in [0.29, 0.717) is 18.9 Å². The zero-order valence-electron chi connectivity index (χ0n) is 14.8. The molecule has 1 N–H and O–H groups in total. The zero-order valence-corrected chi connectivity index (χ0v) is 16.3. The monoisotopic (exact) mass is 393 g/mol. The van der Waals surface area contributed by atoms with Crippen LogP contribution in [0.3, 0.4) is 0 Å². The number of sulfonamides is 1. The average molecular weight is 394 g/mol. The summed E-state index contributed by atoms with van der Waals surface area (Å²) in [7, 11) is -3.69. The van der Waals surface area contributed by atoms with E-state index in [2.05, 4.69) is 11.3 Å². The van der Waals surface area contributed by atoms with Crippen LogP contribution in [0.2, 0.25) is 0 Å². The van der Waals surface area contributed by atoms with E-state index in [1.807, 2.05) is 37.3 Å². The molecule has 0 aromatic heterocycles. The van der Waals surface area contributed by atoms with Crippen LogP contribution < -0.4 is 4.72 Å². The molecule has 0 amide bonds. The van der Waals surface area contributed by atoms with Gasteiger partial charge in [-0.05, 0) is 31.0 Å². The lowest BCUT2D eigenvalue weighted by Gasteiger charge is -2.27. The predicted octanol–water partition coefficient (Wildman–Crippen LogP) is 4.21. The molecule has 2 aromatic rings. The highest BCUT2D eigenvalue weighted by Crippen LogP contribution is 2.25. The van der Waals surface area contributed by atoms with Crippen molar-refractivity contribution < 1.29 is 13.2 Å². The topological polar surface area (TPSA) is 55.4 Å². The maximum absolute atomic E-state index is 12.8. The first-order valence-corrected chi connectivity index (χ1v) is 10.4. The molecule has 0 fully saturated rings. The Labute approximate surface area is 160 Å². The molecule has 0 saturated carbocycles. The summed E-state index contributed by atoms with van der Waals surface area (Å²) in [6, 6.07) is 15.8. The summed E-state index contributed by atoms with van der Waals surface area (Å²) < 4.78 is 34.3. The van der Waals surface area contributed by atoms with Gasteiger partial charge in [-0.1, -0.05) is 54.1 Å². The van der Waals surface area contributed by atoms with Gasteiger partial charge in [-0.2, -0.15) is 0 Å². The lowest BCUT2D eigenvalue weighted by atomic mass is 10.0. The van der Waals surface area contributed by atoms with Gasteiger partial charge < -0.3 is 4.74 Å². The van der Waals surface area contributed by atoms with E-state index < -0.39 is 22.2 Å². The summed E-state index contributed by atoms with van der Waals surface area (Å²) in [5.41, 5.74) is 1.88. The molecule has 4 nitrogen and oxygen atoms in total. The molecule has 2 aromatic carbocycles. The summed E-state index contributed by atoms with van der Waals surface area (Å²) in [6.45, 7) is 5.99. The second-order valence-electron chi connectivity index (χ2n) is 5.96. The first-order valence-electron chi connectivity index (χ1n) is 8.40. The second kappa shape index (κ2) is 9.88. The van der Waals surface area contributed by atoms with Crippen molar-refractivity contribution in [2.75, 3.05) is 12.5 Å². The van der Waals surface area contributed by atoms with Crippen LogP contribution in [0.4, 0.5) is 0 Å². The molecule has 0 aliphatic rings. The maximum atomic E-state index is 12.8. The molecule has 26 heavy (non-hydrogen) atoms. The van der Waals surface area contributed by atoms with Gasteiger partial charge in [-0.15, -0.1) is 18.2 Å². The van der Waals surface area contributed by atoms with E-state index in [0.717, 1.165) is 11.1 Å². The van der Waals surface area contributed by atoms with Crippen LogP contribution in [0, 0.1) is 6.92 Å². The number of benzene rings is 2. The van der Waals surface area contributed by atoms with Crippen molar-refractivity contribution in [3.8, 4) is 0 Å². The van der Waals surface area contributed by atoms with Gasteiger partial charge in [0.05, 0.1) is 23.6 Å². The Morgan fingerprint density at radius 1 is 1.15 bits per heavy atom. The van der Waals surface area contributed by atoms with E-state index in [4.69, 9.17) is 16.3 Å². The quantitative estimate of drug-likeness (QED) is 0.485. The number of rotatable bonds is 10. The van der Waals surface area contributed by atoms with Crippen molar-refractivity contribution in [2.45, 2.75) is 30.4 Å². The molecule has 2 atom stereocenters. The fraction of sp³-hybridized carbons (Fsp3) is 0.300. The van der Waals surface area contributed by atoms with Gasteiger partial charge in [0.2, 0.25) is 10.0 Å². The van der Waals surface area contributed by atoms with E-state index >= 15 is 0 Å². The molecule has 0 spiro atoms. The summed E-state index contributed by atoms with van der Waals surface area (Å²) >= 11 is 5.77. The Bertz CT molecular complexity index is 792. The van der Waals surface area contributed by atoms with E-state index in [-0.39, 0.29) is 4.90 Å². The summed E-state index contributed by atoms with van der Waals surface area (Å²) in [4.78, 5) is 0.223. The highest BCUT2D eigenvalue weighted by atomic mass is 35.5. The van der Waals surface area contributed by atoms with Crippen LogP contribution in [0.1, 0.15) is 23.7 Å². The fourth-order valence-electron chi connectivity index (χ4n) is 2.66. The summed E-state index contributed by atoms with van der Waals surface area (Å²) in [5, 5.41) is 0. The molecule has 0 aliphatic heterocycles. The van der Waals surface area contributed by atoms with Gasteiger partial charge in [0.1, 0.15) is 0 Å². The average Bonchev–Trinajstić information content (AvgIpc) is 2.63. The predicted molar refractivity (Wildman–Crippen MR) is 106 cm³/mol. The molecule has 6 heteroatoms. The molecular formula is C20H24ClNO3S. The fourth-order valence-corrected chi connectivity index (χ4v) is 3.99. The molecule has 2 rings (SSSR count). The van der Waals surface area contributed by atoms with Gasteiger partial charge in [0, 0.05) is 5.88 Å². The molecule has 0 heterocycles. The Morgan fingerprint density at radius 2 is 1.81 bits per heavy atom. The van der Waals surface area contributed by atoms with Crippen molar-refractivity contribution in [1.29, 1.82) is 0 Å². The number of nitrogens with one attached hydrogen (secondary N) is 1. The van der Waals surface area contributed by atoms with Crippen molar-refractivity contribution in [1.82, 2.24) is 4.72 Å². The standard InChI is InChI=1S/C20H24ClNO3S/c1-3-7-19(20(25-15-14-21)17-8-5-4-6-9-17)22-26(23,24)18-12-10-16(2)11-13-18/h3-6,8-13,19-20,22H,1,7,14-15H2,2H3/t19-,20+/m0/s1. The van der Waals surface area contributed by atoms with Crippen LogP contribution in [0.25, 0.3) is 0 Å². The van der Waals surface area contributed by atoms with Crippen molar-refractivity contribution in [2.24, 2.45) is 0 Å². The first-order chi connectivity index (χ1) is 12.5. The maximum Gasteiger partial charge on any atom is 0.240 e. The van der Waals surface area contributed by atoms with Gasteiger partial charge in [-0.25, -0.2) is 13.1 Å². The number of aryl methyl sites for hydroxylation is 1. The van der Waals surface area contributed by atoms with E-state index in [1.165, 1.54) is 0 Å². The van der Waals surface area contributed by atoms with Gasteiger partial charge >= 0.3 is 0 Å². The number of alkyl halides is 1. The van der Waals surface area contributed by atoms with Crippen molar-refractivity contribution in [3.63, 3.8) is 0 Å². The largest absolute Gasteiger partial charge is 0.371 e. The summed E-state index contributed by atoms with van der Waals surface area (Å²) in [6.07, 6.45) is 1.64. The smallest absolute Gasteiger partial charge is 0.240 e. The third kappa shape index (κ3) is 5.68. The van der Waals surface area contributed by atoms with Gasteiger partial charge in [0.15, 0.2) is 0 Å². The molecule has 0 unspecified atom stereocenters. The third-order valence-corrected chi connectivity index (χ3v) is 5.59. The Balaban J connectivity index is 2.31.